The third-order valence-electron chi connectivity index (χ3n) is 3.36. The number of allylic oxidation sites excluding steroid dienone is 2. The van der Waals surface area contributed by atoms with Crippen molar-refractivity contribution in [1.29, 1.82) is 0 Å². The highest BCUT2D eigenvalue weighted by molar-refractivity contribution is 5.97. The Morgan fingerprint density at radius 1 is 1.24 bits per heavy atom. The van der Waals surface area contributed by atoms with Crippen molar-refractivity contribution in [3.63, 3.8) is 0 Å². The monoisotopic (exact) mass is 236 g/mol. The summed E-state index contributed by atoms with van der Waals surface area (Å²) in [6.07, 6.45) is 6.22. The van der Waals surface area contributed by atoms with E-state index in [0.717, 1.165) is 0 Å². The van der Waals surface area contributed by atoms with Gasteiger partial charge in [-0.05, 0) is 6.92 Å². The first-order valence-electron chi connectivity index (χ1n) is 5.29. The van der Waals surface area contributed by atoms with Crippen LogP contribution in [0.15, 0.2) is 24.3 Å². The molecule has 1 aliphatic rings. The number of nitrogens with two attached hydrogens (primary N) is 2. The third kappa shape index (κ3) is 2.00. The van der Waals surface area contributed by atoms with Gasteiger partial charge in [0.05, 0.1) is 11.3 Å². The van der Waals surface area contributed by atoms with Crippen molar-refractivity contribution in [2.75, 3.05) is 0 Å². The molecule has 5 nitrogen and oxygen atoms in total. The fraction of sp³-hybridized carbons (Fsp3) is 0.417. The summed E-state index contributed by atoms with van der Waals surface area (Å²) < 4.78 is 0. The standard InChI is InChI=1S/C12H16N2O3/c1-7(8(2)15)12(11(14)17)6-4-3-5-9(12)10(13)16/h3-7,9H,1-2H3,(H2,13,16)(H2,14,17). The molecule has 0 bridgehead atoms. The van der Waals surface area contributed by atoms with Gasteiger partial charge in [0.2, 0.25) is 11.8 Å². The summed E-state index contributed by atoms with van der Waals surface area (Å²) in [5, 5.41) is 0. The lowest BCUT2D eigenvalue weighted by atomic mass is 9.63. The van der Waals surface area contributed by atoms with Crippen LogP contribution in [0, 0.1) is 17.3 Å². The van der Waals surface area contributed by atoms with Crippen molar-refractivity contribution < 1.29 is 14.4 Å². The molecule has 0 radical (unpaired) electrons. The lowest BCUT2D eigenvalue weighted by Crippen LogP contribution is -2.52. The van der Waals surface area contributed by atoms with Gasteiger partial charge in [-0.25, -0.2) is 0 Å². The Morgan fingerprint density at radius 3 is 2.24 bits per heavy atom. The number of Topliss-reactive ketones (excluding diaryl/α,β-unsaturated/α-hetero) is 1. The Bertz CT molecular complexity index is 425. The number of hydrogen-bond acceptors (Lipinski definition) is 3. The number of amides is 2. The molecule has 17 heavy (non-hydrogen) atoms. The largest absolute Gasteiger partial charge is 0.369 e. The van der Waals surface area contributed by atoms with Crippen LogP contribution in [-0.2, 0) is 14.4 Å². The molecule has 0 aromatic heterocycles. The molecule has 3 atom stereocenters. The first-order valence-corrected chi connectivity index (χ1v) is 5.29. The SMILES string of the molecule is CC(=O)C(C)C1(C(N)=O)C=CC=CC1C(N)=O. The van der Waals surface area contributed by atoms with E-state index in [0.29, 0.717) is 0 Å². The molecule has 0 saturated carbocycles. The van der Waals surface area contributed by atoms with Gasteiger partial charge in [0.1, 0.15) is 5.78 Å². The highest BCUT2D eigenvalue weighted by atomic mass is 16.2. The van der Waals surface area contributed by atoms with Crippen molar-refractivity contribution in [2.45, 2.75) is 13.8 Å². The van der Waals surface area contributed by atoms with Gasteiger partial charge in [-0.1, -0.05) is 31.2 Å². The molecule has 3 unspecified atom stereocenters. The van der Waals surface area contributed by atoms with E-state index in [2.05, 4.69) is 0 Å². The van der Waals surface area contributed by atoms with E-state index in [1.165, 1.54) is 19.1 Å². The predicted octanol–water partition coefficient (Wildman–Crippen LogP) is -0.0893. The molecule has 0 spiro atoms. The van der Waals surface area contributed by atoms with Crippen LogP contribution in [0.3, 0.4) is 0 Å². The van der Waals surface area contributed by atoms with E-state index < -0.39 is 29.1 Å². The van der Waals surface area contributed by atoms with E-state index in [-0.39, 0.29) is 5.78 Å². The molecule has 1 aliphatic carbocycles. The highest BCUT2D eigenvalue weighted by Crippen LogP contribution is 2.41. The summed E-state index contributed by atoms with van der Waals surface area (Å²) in [4.78, 5) is 34.6. The normalized spacial score (nSPS) is 28.7. The molecule has 0 aromatic rings. The molecule has 2 amide bonds. The average molecular weight is 236 g/mol. The molecular formula is C12H16N2O3. The van der Waals surface area contributed by atoms with E-state index in [1.54, 1.807) is 19.1 Å². The fourth-order valence-electron chi connectivity index (χ4n) is 2.18. The minimum Gasteiger partial charge on any atom is -0.369 e. The number of ketones is 1. The molecule has 0 fully saturated rings. The van der Waals surface area contributed by atoms with Crippen molar-refractivity contribution in [3.05, 3.63) is 24.3 Å². The van der Waals surface area contributed by atoms with Crippen LogP contribution >= 0.6 is 0 Å². The first kappa shape index (κ1) is 13.2. The molecule has 92 valence electrons. The average Bonchev–Trinajstić information content (AvgIpc) is 2.27. The quantitative estimate of drug-likeness (QED) is 0.712. The molecule has 0 heterocycles. The van der Waals surface area contributed by atoms with Crippen LogP contribution in [0.5, 0.6) is 0 Å². The number of carbonyl (C=O) groups is 3. The van der Waals surface area contributed by atoms with Gasteiger partial charge < -0.3 is 11.5 Å². The second-order valence-corrected chi connectivity index (χ2v) is 4.25. The Morgan fingerprint density at radius 2 is 1.82 bits per heavy atom. The molecule has 0 aliphatic heterocycles. The van der Waals surface area contributed by atoms with Crippen LogP contribution in [-0.4, -0.2) is 17.6 Å². The van der Waals surface area contributed by atoms with Gasteiger partial charge in [0.15, 0.2) is 0 Å². The number of carbonyl (C=O) groups excluding carboxylic acids is 3. The zero-order chi connectivity index (χ0) is 13.2. The zero-order valence-electron chi connectivity index (χ0n) is 9.84. The van der Waals surface area contributed by atoms with E-state index in [9.17, 15) is 14.4 Å². The minimum atomic E-state index is -1.35. The summed E-state index contributed by atoms with van der Waals surface area (Å²) >= 11 is 0. The maximum absolute atomic E-state index is 11.7. The topological polar surface area (TPSA) is 103 Å². The number of primary amides is 2. The summed E-state index contributed by atoms with van der Waals surface area (Å²) in [5.74, 6) is -3.18. The van der Waals surface area contributed by atoms with Crippen LogP contribution in [0.1, 0.15) is 13.8 Å². The smallest absolute Gasteiger partial charge is 0.229 e. The Hall–Kier alpha value is -1.91. The van der Waals surface area contributed by atoms with Crippen molar-refractivity contribution >= 4 is 17.6 Å². The number of hydrogen-bond donors (Lipinski definition) is 2. The van der Waals surface area contributed by atoms with E-state index >= 15 is 0 Å². The first-order chi connectivity index (χ1) is 7.84. The van der Waals surface area contributed by atoms with E-state index in [4.69, 9.17) is 11.5 Å². The van der Waals surface area contributed by atoms with Crippen LogP contribution in [0.2, 0.25) is 0 Å². The molecule has 1 rings (SSSR count). The molecule has 0 saturated heterocycles. The van der Waals surface area contributed by atoms with Gasteiger partial charge in [-0.2, -0.15) is 0 Å². The Labute approximate surface area is 99.5 Å². The predicted molar refractivity (Wildman–Crippen MR) is 62.4 cm³/mol. The van der Waals surface area contributed by atoms with Gasteiger partial charge in [-0.15, -0.1) is 0 Å². The van der Waals surface area contributed by atoms with Gasteiger partial charge in [0.25, 0.3) is 0 Å². The fourth-order valence-corrected chi connectivity index (χ4v) is 2.18. The minimum absolute atomic E-state index is 0.213. The zero-order valence-corrected chi connectivity index (χ0v) is 9.84. The lowest BCUT2D eigenvalue weighted by molar-refractivity contribution is -0.141. The third-order valence-corrected chi connectivity index (χ3v) is 3.36. The van der Waals surface area contributed by atoms with Crippen LogP contribution in [0.25, 0.3) is 0 Å². The van der Waals surface area contributed by atoms with Crippen molar-refractivity contribution in [1.82, 2.24) is 0 Å². The lowest BCUT2D eigenvalue weighted by Gasteiger charge is -2.37. The van der Waals surface area contributed by atoms with Crippen LogP contribution < -0.4 is 11.5 Å². The van der Waals surface area contributed by atoms with Crippen molar-refractivity contribution in [2.24, 2.45) is 28.7 Å². The number of rotatable bonds is 4. The molecule has 5 heteroatoms. The maximum Gasteiger partial charge on any atom is 0.229 e. The summed E-state index contributed by atoms with van der Waals surface area (Å²) in [6.45, 7) is 2.94. The molecular weight excluding hydrogens is 220 g/mol. The second kappa shape index (κ2) is 4.53. The second-order valence-electron chi connectivity index (χ2n) is 4.25. The van der Waals surface area contributed by atoms with Crippen LogP contribution in [0.4, 0.5) is 0 Å². The van der Waals surface area contributed by atoms with Gasteiger partial charge in [0, 0.05) is 5.92 Å². The summed E-state index contributed by atoms with van der Waals surface area (Å²) in [6, 6.07) is 0. The Balaban J connectivity index is 3.36. The van der Waals surface area contributed by atoms with Gasteiger partial charge in [-0.3, -0.25) is 14.4 Å². The molecule has 4 N–H and O–H groups in total. The van der Waals surface area contributed by atoms with Gasteiger partial charge >= 0.3 is 0 Å². The Kier molecular flexibility index (Phi) is 3.50. The highest BCUT2D eigenvalue weighted by Gasteiger charge is 2.50. The van der Waals surface area contributed by atoms with E-state index in [1.807, 2.05) is 0 Å². The van der Waals surface area contributed by atoms with Crippen molar-refractivity contribution in [3.8, 4) is 0 Å². The summed E-state index contributed by atoms with van der Waals surface area (Å²) in [7, 11) is 0. The molecule has 0 aromatic carbocycles. The summed E-state index contributed by atoms with van der Waals surface area (Å²) in [5.41, 5.74) is 9.31. The maximum atomic E-state index is 11.7.